The van der Waals surface area contributed by atoms with Crippen molar-refractivity contribution in [3.63, 3.8) is 0 Å². The Morgan fingerprint density at radius 2 is 2.14 bits per heavy atom. The van der Waals surface area contributed by atoms with Gasteiger partial charge in [-0.3, -0.25) is 9.48 Å². The van der Waals surface area contributed by atoms with Gasteiger partial charge in [0.2, 0.25) is 5.91 Å². The predicted octanol–water partition coefficient (Wildman–Crippen LogP) is 2.21. The van der Waals surface area contributed by atoms with Crippen LogP contribution in [0.15, 0.2) is 36.9 Å². The predicted molar refractivity (Wildman–Crippen MR) is 103 cm³/mol. The van der Waals surface area contributed by atoms with Crippen LogP contribution in [-0.2, 0) is 16.1 Å². The van der Waals surface area contributed by atoms with E-state index in [1.165, 1.54) is 12.4 Å². The quantitative estimate of drug-likeness (QED) is 0.659. The van der Waals surface area contributed by atoms with Crippen LogP contribution in [0.1, 0.15) is 29.4 Å². The molecule has 4 rings (SSSR count). The zero-order valence-corrected chi connectivity index (χ0v) is 16.5. The lowest BCUT2D eigenvalue weighted by Crippen LogP contribution is -2.44. The van der Waals surface area contributed by atoms with E-state index in [9.17, 15) is 9.18 Å². The number of hydrogen-bond donors (Lipinski definition) is 0. The second-order valence-electron chi connectivity index (χ2n) is 7.03. The average molecular weight is 398 g/mol. The minimum atomic E-state index is -0.342. The number of aryl methyl sites for hydroxylation is 2. The number of morpholine rings is 1. The summed E-state index contributed by atoms with van der Waals surface area (Å²) in [5, 5.41) is 8.60. The average Bonchev–Trinajstić information content (AvgIpc) is 3.34. The second-order valence-corrected chi connectivity index (χ2v) is 7.03. The summed E-state index contributed by atoms with van der Waals surface area (Å²) in [6, 6.07) is 6.27. The molecule has 1 aliphatic heterocycles. The molecular weight excluding hydrogens is 375 g/mol. The van der Waals surface area contributed by atoms with Gasteiger partial charge in [-0.25, -0.2) is 14.1 Å². The largest absolute Gasteiger partial charge is 0.377 e. The van der Waals surface area contributed by atoms with Crippen LogP contribution in [-0.4, -0.2) is 55.1 Å². The molecule has 0 aliphatic carbocycles. The Balaban J connectivity index is 1.61. The number of carbonyl (C=O) groups excluding carboxylic acids is 1. The zero-order valence-electron chi connectivity index (χ0n) is 16.5. The first-order chi connectivity index (χ1) is 14.1. The number of ether oxygens (including phenoxy) is 1. The summed E-state index contributed by atoms with van der Waals surface area (Å²) in [6.45, 7) is 5.63. The van der Waals surface area contributed by atoms with Crippen LogP contribution in [0.25, 0.3) is 5.69 Å². The molecule has 1 aliphatic rings. The number of carbonyl (C=O) groups is 1. The van der Waals surface area contributed by atoms with E-state index in [-0.39, 0.29) is 17.8 Å². The summed E-state index contributed by atoms with van der Waals surface area (Å²) < 4.78 is 23.2. The Morgan fingerprint density at radius 3 is 2.90 bits per heavy atom. The van der Waals surface area contributed by atoms with Gasteiger partial charge in [0.05, 0.1) is 31.5 Å². The van der Waals surface area contributed by atoms with Crippen molar-refractivity contribution in [2.45, 2.75) is 32.9 Å². The highest BCUT2D eigenvalue weighted by molar-refractivity contribution is 5.77. The summed E-state index contributed by atoms with van der Waals surface area (Å²) in [6.07, 6.45) is 3.36. The van der Waals surface area contributed by atoms with Crippen molar-refractivity contribution in [1.82, 2.24) is 29.4 Å². The molecule has 0 saturated carbocycles. The molecule has 29 heavy (non-hydrogen) atoms. The van der Waals surface area contributed by atoms with E-state index in [0.717, 1.165) is 17.0 Å². The van der Waals surface area contributed by atoms with E-state index in [1.54, 1.807) is 33.9 Å². The van der Waals surface area contributed by atoms with Crippen molar-refractivity contribution in [1.29, 1.82) is 0 Å². The molecule has 0 radical (unpaired) electrons. The molecule has 1 saturated heterocycles. The smallest absolute Gasteiger partial charge is 0.225 e. The number of nitrogens with zero attached hydrogens (tertiary/aromatic N) is 6. The minimum absolute atomic E-state index is 0.0197. The SMILES string of the molecule is Cc1nn(-c2ccccc2F)c(C)c1C1COCCN1C(=O)CCn1cncn1. The number of halogens is 1. The molecule has 8 nitrogen and oxygen atoms in total. The summed E-state index contributed by atoms with van der Waals surface area (Å²) in [5.41, 5.74) is 2.86. The third-order valence-corrected chi connectivity index (χ3v) is 5.23. The highest BCUT2D eigenvalue weighted by Gasteiger charge is 2.33. The molecule has 152 valence electrons. The van der Waals surface area contributed by atoms with E-state index >= 15 is 0 Å². The van der Waals surface area contributed by atoms with E-state index in [0.29, 0.717) is 38.4 Å². The van der Waals surface area contributed by atoms with Gasteiger partial charge in [0.1, 0.15) is 24.2 Å². The summed E-state index contributed by atoms with van der Waals surface area (Å²) in [7, 11) is 0. The first kappa shape index (κ1) is 19.3. The first-order valence-corrected chi connectivity index (χ1v) is 9.57. The van der Waals surface area contributed by atoms with Gasteiger partial charge < -0.3 is 9.64 Å². The van der Waals surface area contributed by atoms with Gasteiger partial charge in [-0.1, -0.05) is 12.1 Å². The molecular formula is C20H23FN6O2. The molecule has 9 heteroatoms. The van der Waals surface area contributed by atoms with E-state index in [1.807, 2.05) is 18.7 Å². The molecule has 1 atom stereocenters. The van der Waals surface area contributed by atoms with Crippen LogP contribution in [0.4, 0.5) is 4.39 Å². The standard InChI is InChI=1S/C20H23FN6O2/c1-14-20(15(2)27(24-14)17-6-4-3-5-16(17)21)18-11-29-10-9-26(18)19(28)7-8-25-13-22-12-23-25/h3-6,12-13,18H,7-11H2,1-2H3. The van der Waals surface area contributed by atoms with Gasteiger partial charge >= 0.3 is 0 Å². The van der Waals surface area contributed by atoms with Gasteiger partial charge in [-0.05, 0) is 26.0 Å². The second kappa shape index (κ2) is 8.12. The molecule has 3 aromatic rings. The van der Waals surface area contributed by atoms with Crippen LogP contribution in [0, 0.1) is 19.7 Å². The van der Waals surface area contributed by atoms with Crippen molar-refractivity contribution in [3.05, 3.63) is 59.7 Å². The van der Waals surface area contributed by atoms with Gasteiger partial charge in [-0.2, -0.15) is 10.2 Å². The molecule has 2 aromatic heterocycles. The topological polar surface area (TPSA) is 78.1 Å². The molecule has 0 bridgehead atoms. The lowest BCUT2D eigenvalue weighted by Gasteiger charge is -2.36. The fraction of sp³-hybridized carbons (Fsp3) is 0.400. The normalized spacial score (nSPS) is 16.9. The monoisotopic (exact) mass is 398 g/mol. The highest BCUT2D eigenvalue weighted by atomic mass is 19.1. The fourth-order valence-electron chi connectivity index (χ4n) is 3.84. The summed E-state index contributed by atoms with van der Waals surface area (Å²) in [5.74, 6) is -0.323. The van der Waals surface area contributed by atoms with Crippen LogP contribution < -0.4 is 0 Å². The van der Waals surface area contributed by atoms with Crippen LogP contribution >= 0.6 is 0 Å². The third kappa shape index (κ3) is 3.77. The van der Waals surface area contributed by atoms with Crippen LogP contribution in [0.3, 0.4) is 0 Å². The van der Waals surface area contributed by atoms with Crippen molar-refractivity contribution in [3.8, 4) is 5.69 Å². The molecule has 1 unspecified atom stereocenters. The van der Waals surface area contributed by atoms with E-state index in [2.05, 4.69) is 15.2 Å². The number of aromatic nitrogens is 5. The van der Waals surface area contributed by atoms with Crippen molar-refractivity contribution in [2.24, 2.45) is 0 Å². The van der Waals surface area contributed by atoms with Crippen molar-refractivity contribution in [2.75, 3.05) is 19.8 Å². The van der Waals surface area contributed by atoms with Gasteiger partial charge in [0.25, 0.3) is 0 Å². The van der Waals surface area contributed by atoms with Gasteiger partial charge in [0.15, 0.2) is 0 Å². The molecule has 1 aromatic carbocycles. The van der Waals surface area contributed by atoms with Crippen LogP contribution in [0.2, 0.25) is 0 Å². The Hall–Kier alpha value is -3.07. The minimum Gasteiger partial charge on any atom is -0.377 e. The Bertz CT molecular complexity index is 1000. The Labute approximate surface area is 167 Å². The summed E-state index contributed by atoms with van der Waals surface area (Å²) in [4.78, 5) is 18.7. The zero-order chi connectivity index (χ0) is 20.4. The molecule has 1 amide bonds. The molecule has 3 heterocycles. The van der Waals surface area contributed by atoms with Gasteiger partial charge in [0, 0.05) is 24.2 Å². The molecule has 1 fully saturated rings. The van der Waals surface area contributed by atoms with Crippen molar-refractivity contribution >= 4 is 5.91 Å². The fourth-order valence-corrected chi connectivity index (χ4v) is 3.84. The van der Waals surface area contributed by atoms with Crippen molar-refractivity contribution < 1.29 is 13.9 Å². The number of hydrogen-bond acceptors (Lipinski definition) is 5. The number of rotatable bonds is 5. The first-order valence-electron chi connectivity index (χ1n) is 9.57. The summed E-state index contributed by atoms with van der Waals surface area (Å²) >= 11 is 0. The van der Waals surface area contributed by atoms with E-state index < -0.39 is 0 Å². The van der Waals surface area contributed by atoms with E-state index in [4.69, 9.17) is 4.74 Å². The maximum atomic E-state index is 14.3. The Morgan fingerprint density at radius 1 is 1.31 bits per heavy atom. The number of amides is 1. The number of benzene rings is 1. The maximum absolute atomic E-state index is 14.3. The van der Waals surface area contributed by atoms with Crippen LogP contribution in [0.5, 0.6) is 0 Å². The number of para-hydroxylation sites is 1. The molecule has 0 spiro atoms. The lowest BCUT2D eigenvalue weighted by atomic mass is 10.0. The Kier molecular flexibility index (Phi) is 5.39. The maximum Gasteiger partial charge on any atom is 0.225 e. The highest BCUT2D eigenvalue weighted by Crippen LogP contribution is 2.31. The molecule has 0 N–H and O–H groups in total. The lowest BCUT2D eigenvalue weighted by molar-refractivity contribution is -0.140. The third-order valence-electron chi connectivity index (χ3n) is 5.23. The van der Waals surface area contributed by atoms with Gasteiger partial charge in [-0.15, -0.1) is 0 Å².